The first-order valence-corrected chi connectivity index (χ1v) is 11.7. The number of ketones is 2. The molecule has 1 aromatic heterocycles. The second kappa shape index (κ2) is 7.70. The van der Waals surface area contributed by atoms with Crippen molar-refractivity contribution in [3.63, 3.8) is 0 Å². The standard InChI is InChI=1S/C28H27F3O4/c1-26(2)11-17(32)23-21(13-26)35-22-14-27(3,4)12-18(33)24(22)25(23)20-9-8-19(34-20)15-6-5-7-16(10-15)28(29,30)31/h5-10,25H,11-14H2,1-4H3. The summed E-state index contributed by atoms with van der Waals surface area (Å²) in [6, 6.07) is 8.15. The van der Waals surface area contributed by atoms with Crippen molar-refractivity contribution in [2.45, 2.75) is 65.5 Å². The van der Waals surface area contributed by atoms with E-state index in [2.05, 4.69) is 0 Å². The predicted molar refractivity (Wildman–Crippen MR) is 123 cm³/mol. The van der Waals surface area contributed by atoms with Crippen LogP contribution in [0.5, 0.6) is 0 Å². The molecule has 35 heavy (non-hydrogen) atoms. The van der Waals surface area contributed by atoms with Crippen LogP contribution in [0, 0.1) is 10.8 Å². The molecule has 0 unspecified atom stereocenters. The van der Waals surface area contributed by atoms with Gasteiger partial charge in [-0.25, -0.2) is 0 Å². The third-order valence-corrected chi connectivity index (χ3v) is 6.97. The molecule has 0 spiro atoms. The number of ether oxygens (including phenoxy) is 1. The summed E-state index contributed by atoms with van der Waals surface area (Å²) in [5.74, 6) is 0.830. The van der Waals surface area contributed by atoms with E-state index < -0.39 is 17.7 Å². The zero-order valence-corrected chi connectivity index (χ0v) is 20.1. The Bertz CT molecular complexity index is 1250. The minimum Gasteiger partial charge on any atom is -0.465 e. The molecule has 3 aliphatic rings. The van der Waals surface area contributed by atoms with Gasteiger partial charge in [0, 0.05) is 42.4 Å². The molecule has 0 amide bonds. The Morgan fingerprint density at radius 3 is 1.94 bits per heavy atom. The Morgan fingerprint density at radius 1 is 0.829 bits per heavy atom. The summed E-state index contributed by atoms with van der Waals surface area (Å²) in [6.45, 7) is 8.02. The van der Waals surface area contributed by atoms with Gasteiger partial charge in [-0.2, -0.15) is 13.2 Å². The van der Waals surface area contributed by atoms with E-state index in [-0.39, 0.29) is 33.7 Å². The maximum absolute atomic E-state index is 13.3. The zero-order valence-electron chi connectivity index (χ0n) is 20.1. The number of rotatable bonds is 2. The third-order valence-electron chi connectivity index (χ3n) is 6.97. The fraction of sp³-hybridized carbons (Fsp3) is 0.429. The van der Waals surface area contributed by atoms with Gasteiger partial charge in [-0.15, -0.1) is 0 Å². The highest BCUT2D eigenvalue weighted by Gasteiger charge is 2.48. The Morgan fingerprint density at radius 2 is 1.40 bits per heavy atom. The second-order valence-electron chi connectivity index (χ2n) is 11.4. The molecule has 0 fully saturated rings. The topological polar surface area (TPSA) is 56.5 Å². The van der Waals surface area contributed by atoms with E-state index in [9.17, 15) is 22.8 Å². The van der Waals surface area contributed by atoms with Crippen molar-refractivity contribution in [2.75, 3.05) is 0 Å². The lowest BCUT2D eigenvalue weighted by atomic mass is 9.66. The van der Waals surface area contributed by atoms with Crippen LogP contribution in [-0.2, 0) is 20.5 Å². The maximum atomic E-state index is 13.3. The Balaban J connectivity index is 1.63. The quantitative estimate of drug-likeness (QED) is 0.447. The van der Waals surface area contributed by atoms with E-state index in [0.717, 1.165) is 12.1 Å². The number of hydrogen-bond acceptors (Lipinski definition) is 4. The van der Waals surface area contributed by atoms with Crippen LogP contribution in [0.4, 0.5) is 13.2 Å². The third kappa shape index (κ3) is 4.26. The normalized spacial score (nSPS) is 22.1. The second-order valence-corrected chi connectivity index (χ2v) is 11.4. The number of allylic oxidation sites excluding steroid dienone is 4. The molecule has 0 bridgehead atoms. The molecule has 184 valence electrons. The molecule has 2 aliphatic carbocycles. The molecule has 0 N–H and O–H groups in total. The Kier molecular flexibility index (Phi) is 5.20. The van der Waals surface area contributed by atoms with Gasteiger partial charge in [0.05, 0.1) is 11.5 Å². The van der Waals surface area contributed by atoms with Crippen molar-refractivity contribution >= 4 is 11.6 Å². The summed E-state index contributed by atoms with van der Waals surface area (Å²) >= 11 is 0. The van der Waals surface area contributed by atoms with E-state index >= 15 is 0 Å². The molecular formula is C28H27F3O4. The minimum atomic E-state index is -4.48. The van der Waals surface area contributed by atoms with Crippen molar-refractivity contribution in [3.8, 4) is 11.3 Å². The minimum absolute atomic E-state index is 0.0950. The first kappa shape index (κ1) is 23.6. The Hall–Kier alpha value is -3.09. The van der Waals surface area contributed by atoms with Crippen LogP contribution in [-0.4, -0.2) is 11.6 Å². The SMILES string of the molecule is CC1(C)CC(=O)C2=C(C1)OC1=C(C(=O)CC(C)(C)C1)C2c1ccc(-c2cccc(C(F)(F)F)c2)o1. The van der Waals surface area contributed by atoms with Crippen LogP contribution in [0.2, 0.25) is 0 Å². The molecule has 1 aliphatic heterocycles. The molecule has 2 aromatic rings. The first-order valence-electron chi connectivity index (χ1n) is 11.7. The van der Waals surface area contributed by atoms with Gasteiger partial charge < -0.3 is 9.15 Å². The highest BCUT2D eigenvalue weighted by molar-refractivity contribution is 6.06. The monoisotopic (exact) mass is 484 g/mol. The summed E-state index contributed by atoms with van der Waals surface area (Å²) in [5.41, 5.74) is -0.197. The number of carbonyl (C=O) groups is 2. The fourth-order valence-electron chi connectivity index (χ4n) is 5.47. The van der Waals surface area contributed by atoms with Crippen LogP contribution in [0.1, 0.15) is 70.6 Å². The van der Waals surface area contributed by atoms with Crippen LogP contribution in [0.25, 0.3) is 11.3 Å². The zero-order chi connectivity index (χ0) is 25.3. The smallest absolute Gasteiger partial charge is 0.416 e. The van der Waals surface area contributed by atoms with Gasteiger partial charge in [0.2, 0.25) is 0 Å². The van der Waals surface area contributed by atoms with Crippen molar-refractivity contribution in [1.82, 2.24) is 0 Å². The number of hydrogen-bond donors (Lipinski definition) is 0. The molecule has 4 nitrogen and oxygen atoms in total. The molecule has 7 heteroatoms. The maximum Gasteiger partial charge on any atom is 0.416 e. The van der Waals surface area contributed by atoms with E-state index in [1.807, 2.05) is 27.7 Å². The molecule has 0 atom stereocenters. The Labute approximate surface area is 201 Å². The van der Waals surface area contributed by atoms with Crippen molar-refractivity contribution in [1.29, 1.82) is 0 Å². The number of Topliss-reactive ketones (excluding diaryl/α,β-unsaturated/α-hetero) is 2. The number of carbonyl (C=O) groups excluding carboxylic acids is 2. The molecular weight excluding hydrogens is 457 g/mol. The summed E-state index contributed by atoms with van der Waals surface area (Å²) in [6.07, 6.45) is -2.74. The van der Waals surface area contributed by atoms with Crippen LogP contribution < -0.4 is 0 Å². The van der Waals surface area contributed by atoms with E-state index in [4.69, 9.17) is 9.15 Å². The van der Waals surface area contributed by atoms with Crippen LogP contribution in [0.3, 0.4) is 0 Å². The van der Waals surface area contributed by atoms with Crippen molar-refractivity contribution in [2.24, 2.45) is 10.8 Å². The summed E-state index contributed by atoms with van der Waals surface area (Å²) in [7, 11) is 0. The van der Waals surface area contributed by atoms with Gasteiger partial charge in [-0.3, -0.25) is 9.59 Å². The van der Waals surface area contributed by atoms with Crippen LogP contribution in [0.15, 0.2) is 63.5 Å². The fourth-order valence-corrected chi connectivity index (χ4v) is 5.47. The van der Waals surface area contributed by atoms with Gasteiger partial charge in [-0.05, 0) is 35.1 Å². The highest BCUT2D eigenvalue weighted by atomic mass is 19.4. The summed E-state index contributed by atoms with van der Waals surface area (Å²) < 4.78 is 52.0. The number of benzene rings is 1. The lowest BCUT2D eigenvalue weighted by molar-refractivity contribution is -0.137. The number of furan rings is 1. The number of halogens is 3. The average Bonchev–Trinajstić information content (AvgIpc) is 3.20. The predicted octanol–water partition coefficient (Wildman–Crippen LogP) is 7.37. The van der Waals surface area contributed by atoms with E-state index in [0.29, 0.717) is 54.1 Å². The van der Waals surface area contributed by atoms with Crippen LogP contribution >= 0.6 is 0 Å². The molecule has 5 rings (SSSR count). The number of alkyl halides is 3. The van der Waals surface area contributed by atoms with Crippen molar-refractivity contribution in [3.05, 3.63) is 70.4 Å². The van der Waals surface area contributed by atoms with Gasteiger partial charge >= 0.3 is 6.18 Å². The average molecular weight is 485 g/mol. The first-order chi connectivity index (χ1) is 16.2. The largest absolute Gasteiger partial charge is 0.465 e. The highest BCUT2D eigenvalue weighted by Crippen LogP contribution is 2.53. The molecule has 0 saturated carbocycles. The molecule has 0 radical (unpaired) electrons. The van der Waals surface area contributed by atoms with Gasteiger partial charge in [0.25, 0.3) is 0 Å². The molecule has 0 saturated heterocycles. The lowest BCUT2D eigenvalue weighted by Gasteiger charge is -2.42. The van der Waals surface area contributed by atoms with E-state index in [1.54, 1.807) is 18.2 Å². The van der Waals surface area contributed by atoms with E-state index in [1.165, 1.54) is 6.07 Å². The van der Waals surface area contributed by atoms with Gasteiger partial charge in [0.15, 0.2) is 11.6 Å². The molecule has 1 aromatic carbocycles. The summed E-state index contributed by atoms with van der Waals surface area (Å²) in [5, 5.41) is 0. The lowest BCUT2D eigenvalue weighted by Crippen LogP contribution is -2.37. The molecule has 2 heterocycles. The summed E-state index contributed by atoms with van der Waals surface area (Å²) in [4.78, 5) is 26.7. The van der Waals surface area contributed by atoms with Gasteiger partial charge in [0.1, 0.15) is 23.0 Å². The van der Waals surface area contributed by atoms with Gasteiger partial charge in [-0.1, -0.05) is 39.8 Å². The van der Waals surface area contributed by atoms with Crippen molar-refractivity contribution < 1.29 is 31.9 Å².